The molecule has 1 aromatic rings. The number of carbonyl (C=O) groups is 1. The van der Waals surface area contributed by atoms with E-state index in [-0.39, 0.29) is 43.1 Å². The van der Waals surface area contributed by atoms with Crippen molar-refractivity contribution in [2.24, 2.45) is 11.8 Å². The van der Waals surface area contributed by atoms with Gasteiger partial charge in [-0.15, -0.1) is 0 Å². The first-order valence-electron chi connectivity index (χ1n) is 10.9. The van der Waals surface area contributed by atoms with Crippen molar-refractivity contribution in [1.82, 2.24) is 14.8 Å². The number of amides is 1. The van der Waals surface area contributed by atoms with E-state index in [1.54, 1.807) is 40.7 Å². The maximum absolute atomic E-state index is 13.1. The number of pyridine rings is 1. The third-order valence-corrected chi connectivity index (χ3v) is 6.94. The van der Waals surface area contributed by atoms with E-state index in [1.807, 2.05) is 0 Å². The van der Waals surface area contributed by atoms with Crippen LogP contribution in [0.25, 0.3) is 6.08 Å². The van der Waals surface area contributed by atoms with Gasteiger partial charge in [0.2, 0.25) is 5.91 Å². The van der Waals surface area contributed by atoms with E-state index in [2.05, 4.69) is 5.32 Å². The molecule has 2 aliphatic heterocycles. The van der Waals surface area contributed by atoms with Gasteiger partial charge in [-0.1, -0.05) is 12.2 Å². The first kappa shape index (κ1) is 22.1. The second kappa shape index (κ2) is 8.43. The fourth-order valence-corrected chi connectivity index (χ4v) is 5.28. The largest absolute Gasteiger partial charge is 0.396 e. The summed E-state index contributed by atoms with van der Waals surface area (Å²) in [5, 5.41) is 13.1. The van der Waals surface area contributed by atoms with Gasteiger partial charge in [0.25, 0.3) is 5.56 Å². The average molecular weight is 439 g/mol. The molecule has 3 heterocycles. The molecule has 1 amide bonds. The minimum absolute atomic E-state index is 0.0510. The molecule has 0 radical (unpaired) electrons. The fraction of sp³-hybridized carbons (Fsp3) is 0.636. The highest BCUT2D eigenvalue weighted by Crippen LogP contribution is 2.49. The molecule has 1 saturated heterocycles. The third-order valence-electron chi connectivity index (χ3n) is 6.94. The highest BCUT2D eigenvalue weighted by atomic mass is 19.4. The van der Waals surface area contributed by atoms with Crippen LogP contribution in [0.4, 0.5) is 13.2 Å². The van der Waals surface area contributed by atoms with Gasteiger partial charge in [0, 0.05) is 48.8 Å². The van der Waals surface area contributed by atoms with Crippen LogP contribution in [-0.4, -0.2) is 51.9 Å². The van der Waals surface area contributed by atoms with E-state index in [9.17, 15) is 27.9 Å². The molecule has 0 aromatic carbocycles. The summed E-state index contributed by atoms with van der Waals surface area (Å²) >= 11 is 0. The number of alkyl halides is 3. The van der Waals surface area contributed by atoms with E-state index in [1.165, 1.54) is 0 Å². The number of likely N-dealkylation sites (tertiary alicyclic amines) is 1. The van der Waals surface area contributed by atoms with Crippen molar-refractivity contribution in [2.75, 3.05) is 13.2 Å². The number of nitrogens with one attached hydrogen (secondary N) is 1. The summed E-state index contributed by atoms with van der Waals surface area (Å²) in [4.78, 5) is 27.5. The number of carbonyl (C=O) groups excluding carboxylic acids is 1. The first-order valence-corrected chi connectivity index (χ1v) is 10.9. The normalized spacial score (nSPS) is 28.5. The van der Waals surface area contributed by atoms with Gasteiger partial charge >= 0.3 is 6.18 Å². The Labute approximate surface area is 178 Å². The number of hydrogen-bond donors (Lipinski definition) is 2. The second-order valence-electron chi connectivity index (χ2n) is 8.77. The maximum atomic E-state index is 13.1. The van der Waals surface area contributed by atoms with E-state index in [0.717, 1.165) is 19.3 Å². The molecular formula is C22H28F3N3O3. The van der Waals surface area contributed by atoms with Crippen LogP contribution in [0.3, 0.4) is 0 Å². The molecular weight excluding hydrogens is 411 g/mol. The van der Waals surface area contributed by atoms with E-state index in [0.29, 0.717) is 11.3 Å². The summed E-state index contributed by atoms with van der Waals surface area (Å²) in [5.41, 5.74) is 0.920. The number of fused-ring (bicyclic) bond motifs is 3. The molecule has 2 N–H and O–H groups in total. The minimum atomic E-state index is -4.37. The van der Waals surface area contributed by atoms with Gasteiger partial charge in [-0.25, -0.2) is 0 Å². The highest BCUT2D eigenvalue weighted by molar-refractivity contribution is 5.83. The Morgan fingerprint density at radius 1 is 1.32 bits per heavy atom. The first-order chi connectivity index (χ1) is 14.7. The summed E-state index contributed by atoms with van der Waals surface area (Å²) in [7, 11) is 0. The summed E-state index contributed by atoms with van der Waals surface area (Å²) < 4.78 is 40.9. The van der Waals surface area contributed by atoms with Crippen molar-refractivity contribution in [1.29, 1.82) is 0 Å². The van der Waals surface area contributed by atoms with E-state index >= 15 is 0 Å². The zero-order valence-corrected chi connectivity index (χ0v) is 17.4. The number of hydrogen-bond acceptors (Lipinski definition) is 4. The SMILES string of the molecule is C/C=C/c1ccc2n(c1=O)C[C@H]1[C@H](CO)[C@@H](C(=O)NC3CCC3)N(CCC(F)(F)F)[C@@H]21. The van der Waals surface area contributed by atoms with Crippen LogP contribution in [0.5, 0.6) is 0 Å². The quantitative estimate of drug-likeness (QED) is 0.714. The fourth-order valence-electron chi connectivity index (χ4n) is 5.28. The van der Waals surface area contributed by atoms with Crippen LogP contribution in [-0.2, 0) is 11.3 Å². The lowest BCUT2D eigenvalue weighted by atomic mass is 9.87. The van der Waals surface area contributed by atoms with E-state index < -0.39 is 30.6 Å². The molecule has 0 bridgehead atoms. The number of rotatable bonds is 6. The zero-order chi connectivity index (χ0) is 22.3. The van der Waals surface area contributed by atoms with Crippen molar-refractivity contribution < 1.29 is 23.1 Å². The molecule has 6 nitrogen and oxygen atoms in total. The van der Waals surface area contributed by atoms with Gasteiger partial charge in [0.05, 0.1) is 18.5 Å². The van der Waals surface area contributed by atoms with Crippen molar-refractivity contribution >= 4 is 12.0 Å². The molecule has 4 rings (SSSR count). The highest BCUT2D eigenvalue weighted by Gasteiger charge is 2.56. The van der Waals surface area contributed by atoms with Gasteiger partial charge in [0.15, 0.2) is 0 Å². The zero-order valence-electron chi connectivity index (χ0n) is 17.4. The molecule has 1 aromatic heterocycles. The number of aliphatic hydroxyl groups excluding tert-OH is 1. The van der Waals surface area contributed by atoms with Gasteiger partial charge in [0.1, 0.15) is 0 Å². The van der Waals surface area contributed by atoms with Crippen LogP contribution < -0.4 is 10.9 Å². The van der Waals surface area contributed by atoms with Crippen LogP contribution in [0.15, 0.2) is 23.0 Å². The Morgan fingerprint density at radius 2 is 2.06 bits per heavy atom. The van der Waals surface area contributed by atoms with Crippen LogP contribution in [0.1, 0.15) is 49.9 Å². The Kier molecular flexibility index (Phi) is 6.00. The molecule has 170 valence electrons. The Balaban J connectivity index is 1.70. The number of aliphatic hydroxyl groups is 1. The number of allylic oxidation sites excluding steroid dienone is 1. The smallest absolute Gasteiger partial charge is 0.390 e. The van der Waals surface area contributed by atoms with Crippen LogP contribution >= 0.6 is 0 Å². The summed E-state index contributed by atoms with van der Waals surface area (Å²) in [5.74, 6) is -1.16. The lowest BCUT2D eigenvalue weighted by Gasteiger charge is -2.34. The number of aromatic nitrogens is 1. The van der Waals surface area contributed by atoms with Crippen molar-refractivity contribution in [2.45, 2.75) is 63.5 Å². The molecule has 9 heteroatoms. The average Bonchev–Trinajstić information content (AvgIpc) is 3.19. The predicted octanol–water partition coefficient (Wildman–Crippen LogP) is 2.47. The number of halogens is 3. The van der Waals surface area contributed by atoms with Crippen LogP contribution in [0, 0.1) is 11.8 Å². The minimum Gasteiger partial charge on any atom is -0.396 e. The monoisotopic (exact) mass is 439 g/mol. The Hall–Kier alpha value is -2.13. The van der Waals surface area contributed by atoms with Gasteiger partial charge in [-0.05, 0) is 38.3 Å². The summed E-state index contributed by atoms with van der Waals surface area (Å²) in [6.07, 6.45) is 0.786. The van der Waals surface area contributed by atoms with Gasteiger partial charge in [-0.2, -0.15) is 13.2 Å². The van der Waals surface area contributed by atoms with E-state index in [4.69, 9.17) is 0 Å². The van der Waals surface area contributed by atoms with Crippen LogP contribution in [0.2, 0.25) is 0 Å². The second-order valence-corrected chi connectivity index (χ2v) is 8.77. The molecule has 2 fully saturated rings. The number of nitrogens with zero attached hydrogens (tertiary/aromatic N) is 2. The molecule has 1 aliphatic carbocycles. The Bertz CT molecular complexity index is 923. The molecule has 0 spiro atoms. The van der Waals surface area contributed by atoms with Gasteiger partial charge < -0.3 is 15.0 Å². The standard InChI is InChI=1S/C22H28F3N3O3/c1-2-4-13-7-8-17-18-15(11-28(17)21(13)31)16(12-29)19(20(30)26-14-5-3-6-14)27(18)10-9-22(23,24)25/h2,4,7-8,14-16,18-19,29H,3,5-6,9-12H2,1H3,(H,26,30)/b4-2+/t15-,16-,18+,19-/m0/s1. The lowest BCUT2D eigenvalue weighted by molar-refractivity contribution is -0.143. The predicted molar refractivity (Wildman–Crippen MR) is 109 cm³/mol. The molecule has 4 atom stereocenters. The molecule has 0 unspecified atom stereocenters. The van der Waals surface area contributed by atoms with Crippen molar-refractivity contribution in [3.05, 3.63) is 39.8 Å². The molecule has 1 saturated carbocycles. The summed E-state index contributed by atoms with van der Waals surface area (Å²) in [6.45, 7) is 1.41. The summed E-state index contributed by atoms with van der Waals surface area (Å²) in [6, 6.07) is 2.14. The molecule has 31 heavy (non-hydrogen) atoms. The third kappa shape index (κ3) is 4.05. The maximum Gasteiger partial charge on any atom is 0.390 e. The Morgan fingerprint density at radius 3 is 2.65 bits per heavy atom. The lowest BCUT2D eigenvalue weighted by Crippen LogP contribution is -2.52. The van der Waals surface area contributed by atoms with Crippen molar-refractivity contribution in [3.8, 4) is 0 Å². The molecule has 3 aliphatic rings. The van der Waals surface area contributed by atoms with Gasteiger partial charge in [-0.3, -0.25) is 14.5 Å². The van der Waals surface area contributed by atoms with Crippen molar-refractivity contribution in [3.63, 3.8) is 0 Å². The topological polar surface area (TPSA) is 74.6 Å².